The molecule has 2 heterocycles. The second-order valence-corrected chi connectivity index (χ2v) is 5.47. The third-order valence-corrected chi connectivity index (χ3v) is 3.95. The molecule has 20 heavy (non-hydrogen) atoms. The van der Waals surface area contributed by atoms with E-state index in [2.05, 4.69) is 38.4 Å². The molecule has 0 amide bonds. The fraction of sp³-hybridized carbons (Fsp3) is 0.500. The Kier molecular flexibility index (Phi) is 4.43. The SMILES string of the molecule is c1ccc(CCNCc2ccn(C3CCCC3)n2)nc1. The monoisotopic (exact) mass is 270 g/mol. The lowest BCUT2D eigenvalue weighted by atomic mass is 10.2. The first-order chi connectivity index (χ1) is 9.92. The Labute approximate surface area is 120 Å². The lowest BCUT2D eigenvalue weighted by Crippen LogP contribution is -2.17. The van der Waals surface area contributed by atoms with Crippen molar-refractivity contribution in [2.45, 2.75) is 44.7 Å². The van der Waals surface area contributed by atoms with Crippen LogP contribution in [0.5, 0.6) is 0 Å². The van der Waals surface area contributed by atoms with Gasteiger partial charge < -0.3 is 5.32 Å². The van der Waals surface area contributed by atoms with E-state index in [0.717, 1.165) is 30.9 Å². The molecule has 0 aliphatic heterocycles. The van der Waals surface area contributed by atoms with Crippen LogP contribution in [0.2, 0.25) is 0 Å². The van der Waals surface area contributed by atoms with Crippen molar-refractivity contribution < 1.29 is 0 Å². The molecule has 0 radical (unpaired) electrons. The lowest BCUT2D eigenvalue weighted by molar-refractivity contribution is 0.461. The quantitative estimate of drug-likeness (QED) is 0.821. The first-order valence-electron chi connectivity index (χ1n) is 7.56. The molecule has 1 saturated carbocycles. The summed E-state index contributed by atoms with van der Waals surface area (Å²) in [6, 6.07) is 8.82. The molecule has 1 N–H and O–H groups in total. The van der Waals surface area contributed by atoms with Crippen molar-refractivity contribution in [1.82, 2.24) is 20.1 Å². The summed E-state index contributed by atoms with van der Waals surface area (Å²) < 4.78 is 2.16. The minimum absolute atomic E-state index is 0.636. The van der Waals surface area contributed by atoms with E-state index >= 15 is 0 Å². The van der Waals surface area contributed by atoms with Crippen molar-refractivity contribution in [2.24, 2.45) is 0 Å². The first-order valence-corrected chi connectivity index (χ1v) is 7.56. The molecule has 0 unspecified atom stereocenters. The molecular formula is C16H22N4. The smallest absolute Gasteiger partial charge is 0.0762 e. The van der Waals surface area contributed by atoms with Crippen molar-refractivity contribution in [3.8, 4) is 0 Å². The van der Waals surface area contributed by atoms with Gasteiger partial charge in [-0.2, -0.15) is 5.10 Å². The van der Waals surface area contributed by atoms with E-state index in [1.165, 1.54) is 25.7 Å². The van der Waals surface area contributed by atoms with E-state index < -0.39 is 0 Å². The standard InChI is InChI=1S/C16H22N4/c1-2-7-16(6-1)20-12-9-15(19-20)13-17-11-8-14-5-3-4-10-18-14/h3-5,9-10,12,16-17H,1-2,6-8,11,13H2. The van der Waals surface area contributed by atoms with Gasteiger partial charge in [0.25, 0.3) is 0 Å². The molecule has 3 rings (SSSR count). The topological polar surface area (TPSA) is 42.7 Å². The van der Waals surface area contributed by atoms with Crippen LogP contribution in [0, 0.1) is 0 Å². The summed E-state index contributed by atoms with van der Waals surface area (Å²) in [5, 5.41) is 8.11. The van der Waals surface area contributed by atoms with Crippen LogP contribution in [0.15, 0.2) is 36.7 Å². The molecule has 1 aliphatic carbocycles. The highest BCUT2D eigenvalue weighted by Gasteiger charge is 2.17. The van der Waals surface area contributed by atoms with E-state index in [0.29, 0.717) is 6.04 Å². The first kappa shape index (κ1) is 13.3. The van der Waals surface area contributed by atoms with Crippen molar-refractivity contribution in [3.63, 3.8) is 0 Å². The minimum Gasteiger partial charge on any atom is -0.311 e. The molecule has 2 aromatic rings. The molecule has 1 aliphatic rings. The van der Waals surface area contributed by atoms with Gasteiger partial charge in [0.2, 0.25) is 0 Å². The Morgan fingerprint density at radius 1 is 1.15 bits per heavy atom. The zero-order chi connectivity index (χ0) is 13.6. The number of aromatic nitrogens is 3. The van der Waals surface area contributed by atoms with Gasteiger partial charge in [-0.15, -0.1) is 0 Å². The van der Waals surface area contributed by atoms with Crippen LogP contribution in [-0.2, 0) is 13.0 Å². The van der Waals surface area contributed by atoms with Crippen LogP contribution in [0.1, 0.15) is 43.1 Å². The highest BCUT2D eigenvalue weighted by Crippen LogP contribution is 2.28. The van der Waals surface area contributed by atoms with Crippen LogP contribution in [-0.4, -0.2) is 21.3 Å². The fourth-order valence-corrected chi connectivity index (χ4v) is 2.82. The summed E-state index contributed by atoms with van der Waals surface area (Å²) >= 11 is 0. The van der Waals surface area contributed by atoms with E-state index in [4.69, 9.17) is 0 Å². The number of nitrogens with zero attached hydrogens (tertiary/aromatic N) is 3. The van der Waals surface area contributed by atoms with Crippen molar-refractivity contribution >= 4 is 0 Å². The largest absolute Gasteiger partial charge is 0.311 e. The van der Waals surface area contributed by atoms with Gasteiger partial charge in [-0.25, -0.2) is 0 Å². The molecule has 0 aromatic carbocycles. The number of nitrogens with one attached hydrogen (secondary N) is 1. The van der Waals surface area contributed by atoms with Crippen LogP contribution in [0.4, 0.5) is 0 Å². The molecule has 4 nitrogen and oxygen atoms in total. The summed E-state index contributed by atoms with van der Waals surface area (Å²) in [5.74, 6) is 0. The maximum absolute atomic E-state index is 4.68. The number of rotatable bonds is 6. The van der Waals surface area contributed by atoms with Crippen LogP contribution in [0.25, 0.3) is 0 Å². The predicted octanol–water partition coefficient (Wildman–Crippen LogP) is 2.73. The maximum Gasteiger partial charge on any atom is 0.0762 e. The zero-order valence-corrected chi connectivity index (χ0v) is 11.8. The molecule has 4 heteroatoms. The van der Waals surface area contributed by atoms with Crippen LogP contribution in [0.3, 0.4) is 0 Å². The lowest BCUT2D eigenvalue weighted by Gasteiger charge is -2.09. The molecule has 0 atom stereocenters. The molecule has 0 saturated heterocycles. The Hall–Kier alpha value is -1.68. The Bertz CT molecular complexity index is 514. The maximum atomic E-state index is 4.68. The average Bonchev–Trinajstić information content (AvgIpc) is 3.15. The third kappa shape index (κ3) is 3.45. The highest BCUT2D eigenvalue weighted by molar-refractivity contribution is 5.04. The predicted molar refractivity (Wildman–Crippen MR) is 79.4 cm³/mol. The van der Waals surface area contributed by atoms with Crippen LogP contribution >= 0.6 is 0 Å². The third-order valence-electron chi connectivity index (χ3n) is 3.95. The Morgan fingerprint density at radius 2 is 2.05 bits per heavy atom. The van der Waals surface area contributed by atoms with Gasteiger partial charge >= 0.3 is 0 Å². The van der Waals surface area contributed by atoms with Crippen LogP contribution < -0.4 is 5.32 Å². The summed E-state index contributed by atoms with van der Waals surface area (Å²) in [5.41, 5.74) is 2.27. The van der Waals surface area contributed by atoms with Gasteiger partial charge in [-0.05, 0) is 31.0 Å². The minimum atomic E-state index is 0.636. The molecule has 106 valence electrons. The molecule has 1 fully saturated rings. The average molecular weight is 270 g/mol. The van der Waals surface area contributed by atoms with Crippen molar-refractivity contribution in [1.29, 1.82) is 0 Å². The summed E-state index contributed by atoms with van der Waals surface area (Å²) in [7, 11) is 0. The normalized spacial score (nSPS) is 15.8. The van der Waals surface area contributed by atoms with Gasteiger partial charge in [0.05, 0.1) is 11.7 Å². The van der Waals surface area contributed by atoms with Gasteiger partial charge in [-0.3, -0.25) is 9.67 Å². The molecular weight excluding hydrogens is 248 g/mol. The number of hydrogen-bond acceptors (Lipinski definition) is 3. The summed E-state index contributed by atoms with van der Waals surface area (Å²) in [4.78, 5) is 4.32. The molecule has 2 aromatic heterocycles. The van der Waals surface area contributed by atoms with Gasteiger partial charge in [-0.1, -0.05) is 18.9 Å². The Balaban J connectivity index is 1.42. The van der Waals surface area contributed by atoms with Gasteiger partial charge in [0.1, 0.15) is 0 Å². The van der Waals surface area contributed by atoms with Gasteiger partial charge in [0, 0.05) is 37.6 Å². The van der Waals surface area contributed by atoms with E-state index in [-0.39, 0.29) is 0 Å². The number of pyridine rings is 1. The Morgan fingerprint density at radius 3 is 2.85 bits per heavy atom. The summed E-state index contributed by atoms with van der Waals surface area (Å²) in [6.07, 6.45) is 10.2. The zero-order valence-electron chi connectivity index (χ0n) is 11.8. The van der Waals surface area contributed by atoms with E-state index in [1.54, 1.807) is 0 Å². The van der Waals surface area contributed by atoms with E-state index in [1.807, 2.05) is 18.3 Å². The van der Waals surface area contributed by atoms with Crippen molar-refractivity contribution in [2.75, 3.05) is 6.54 Å². The summed E-state index contributed by atoms with van der Waals surface area (Å²) in [6.45, 7) is 1.78. The number of hydrogen-bond donors (Lipinski definition) is 1. The van der Waals surface area contributed by atoms with E-state index in [9.17, 15) is 0 Å². The molecule has 0 bridgehead atoms. The highest BCUT2D eigenvalue weighted by atomic mass is 15.3. The molecule has 0 spiro atoms. The second-order valence-electron chi connectivity index (χ2n) is 5.47. The second kappa shape index (κ2) is 6.66. The fourth-order valence-electron chi connectivity index (χ4n) is 2.82. The van der Waals surface area contributed by atoms with Crippen molar-refractivity contribution in [3.05, 3.63) is 48.0 Å². The van der Waals surface area contributed by atoms with Gasteiger partial charge in [0.15, 0.2) is 0 Å².